The molecule has 2 aromatic carbocycles. The summed E-state index contributed by atoms with van der Waals surface area (Å²) in [4.78, 5) is 12.0. The van der Waals surface area contributed by atoms with Crippen LogP contribution in [0.1, 0.15) is 22.8 Å². The number of hydrogen-bond donors (Lipinski definition) is 1. The fourth-order valence-electron chi connectivity index (χ4n) is 1.81. The van der Waals surface area contributed by atoms with Crippen molar-refractivity contribution in [3.8, 4) is 5.75 Å². The van der Waals surface area contributed by atoms with E-state index < -0.39 is 0 Å². The number of carbonyl (C=O) groups excluding carboxylic acids is 1. The lowest BCUT2D eigenvalue weighted by molar-refractivity contribution is 0.0926. The molecule has 110 valence electrons. The van der Waals surface area contributed by atoms with Crippen LogP contribution in [0.3, 0.4) is 0 Å². The minimum atomic E-state index is -0.133. The van der Waals surface area contributed by atoms with Crippen LogP contribution in [0.25, 0.3) is 0 Å². The van der Waals surface area contributed by atoms with Crippen molar-refractivity contribution in [3.63, 3.8) is 0 Å². The van der Waals surface area contributed by atoms with E-state index in [0.717, 1.165) is 5.75 Å². The molecule has 4 heteroatoms. The second-order valence-corrected chi connectivity index (χ2v) is 5.44. The van der Waals surface area contributed by atoms with Gasteiger partial charge < -0.3 is 10.1 Å². The van der Waals surface area contributed by atoms with Gasteiger partial charge in [-0.1, -0.05) is 29.3 Å². The van der Waals surface area contributed by atoms with E-state index in [-0.39, 0.29) is 11.9 Å². The SMILES string of the molecule is Cc1ccc(OC[C@H](C)NC(=O)c2ccc(Cl)cc2)cc1. The van der Waals surface area contributed by atoms with Crippen molar-refractivity contribution in [2.24, 2.45) is 0 Å². The van der Waals surface area contributed by atoms with Crippen LogP contribution >= 0.6 is 11.6 Å². The molecule has 21 heavy (non-hydrogen) atoms. The van der Waals surface area contributed by atoms with Crippen molar-refractivity contribution in [1.82, 2.24) is 5.32 Å². The predicted molar refractivity (Wildman–Crippen MR) is 85.1 cm³/mol. The number of carbonyl (C=O) groups is 1. The van der Waals surface area contributed by atoms with Gasteiger partial charge in [-0.15, -0.1) is 0 Å². The Kier molecular flexibility index (Phi) is 5.23. The molecule has 0 aliphatic heterocycles. The minimum Gasteiger partial charge on any atom is -0.491 e. The van der Waals surface area contributed by atoms with Gasteiger partial charge in [0, 0.05) is 10.6 Å². The van der Waals surface area contributed by atoms with E-state index in [1.165, 1.54) is 5.56 Å². The highest BCUT2D eigenvalue weighted by Crippen LogP contribution is 2.12. The Bertz CT molecular complexity index is 593. The highest BCUT2D eigenvalue weighted by molar-refractivity contribution is 6.30. The van der Waals surface area contributed by atoms with Crippen molar-refractivity contribution in [2.45, 2.75) is 19.9 Å². The standard InChI is InChI=1S/C17H18ClNO2/c1-12-3-9-16(10-4-12)21-11-13(2)19-17(20)14-5-7-15(18)8-6-14/h3-10,13H,11H2,1-2H3,(H,19,20)/t13-/m0/s1. The number of rotatable bonds is 5. The summed E-state index contributed by atoms with van der Waals surface area (Å²) in [5.41, 5.74) is 1.77. The lowest BCUT2D eigenvalue weighted by Crippen LogP contribution is -2.36. The highest BCUT2D eigenvalue weighted by atomic mass is 35.5. The molecule has 0 saturated heterocycles. The predicted octanol–water partition coefficient (Wildman–Crippen LogP) is 3.85. The molecule has 0 unspecified atom stereocenters. The number of hydrogen-bond acceptors (Lipinski definition) is 2. The van der Waals surface area contributed by atoms with Gasteiger partial charge in [0.05, 0.1) is 6.04 Å². The third-order valence-electron chi connectivity index (χ3n) is 3.00. The highest BCUT2D eigenvalue weighted by Gasteiger charge is 2.10. The summed E-state index contributed by atoms with van der Waals surface area (Å²) in [6.45, 7) is 4.35. The van der Waals surface area contributed by atoms with Crippen LogP contribution < -0.4 is 10.1 Å². The summed E-state index contributed by atoms with van der Waals surface area (Å²) in [5.74, 6) is 0.667. The van der Waals surface area contributed by atoms with Crippen molar-refractivity contribution in [2.75, 3.05) is 6.61 Å². The molecule has 0 radical (unpaired) electrons. The van der Waals surface area contributed by atoms with Crippen molar-refractivity contribution in [1.29, 1.82) is 0 Å². The van der Waals surface area contributed by atoms with E-state index >= 15 is 0 Å². The van der Waals surface area contributed by atoms with E-state index in [4.69, 9.17) is 16.3 Å². The van der Waals surface area contributed by atoms with Gasteiger partial charge in [-0.2, -0.15) is 0 Å². The van der Waals surface area contributed by atoms with Crippen molar-refractivity contribution < 1.29 is 9.53 Å². The van der Waals surface area contributed by atoms with Crippen LogP contribution in [0.15, 0.2) is 48.5 Å². The molecule has 0 aromatic heterocycles. The topological polar surface area (TPSA) is 38.3 Å². The fourth-order valence-corrected chi connectivity index (χ4v) is 1.93. The molecule has 0 heterocycles. The average Bonchev–Trinajstić information content (AvgIpc) is 2.47. The zero-order chi connectivity index (χ0) is 15.2. The molecule has 2 aromatic rings. The second-order valence-electron chi connectivity index (χ2n) is 5.01. The Hall–Kier alpha value is -2.00. The number of amides is 1. The molecule has 0 fully saturated rings. The van der Waals surface area contributed by atoms with Crippen molar-refractivity contribution >= 4 is 17.5 Å². The molecule has 2 rings (SSSR count). The summed E-state index contributed by atoms with van der Waals surface area (Å²) in [6, 6.07) is 14.5. The van der Waals surface area contributed by atoms with Crippen LogP contribution in [0.2, 0.25) is 5.02 Å². The summed E-state index contributed by atoms with van der Waals surface area (Å²) >= 11 is 5.80. The first-order chi connectivity index (χ1) is 10.0. The molecule has 0 saturated carbocycles. The van der Waals surface area contributed by atoms with E-state index in [1.807, 2.05) is 38.1 Å². The van der Waals surface area contributed by atoms with E-state index in [1.54, 1.807) is 24.3 Å². The van der Waals surface area contributed by atoms with Gasteiger partial charge in [0.1, 0.15) is 12.4 Å². The monoisotopic (exact) mass is 303 g/mol. The summed E-state index contributed by atoms with van der Waals surface area (Å²) in [6.07, 6.45) is 0. The Morgan fingerprint density at radius 1 is 1.14 bits per heavy atom. The van der Waals surface area contributed by atoms with Crippen LogP contribution in [0.4, 0.5) is 0 Å². The molecule has 1 atom stereocenters. The van der Waals surface area contributed by atoms with Gasteiger partial charge in [-0.3, -0.25) is 4.79 Å². The molecule has 0 spiro atoms. The molecule has 0 bridgehead atoms. The normalized spacial score (nSPS) is 11.8. The number of aryl methyl sites for hydroxylation is 1. The van der Waals surface area contributed by atoms with E-state index in [0.29, 0.717) is 17.2 Å². The first-order valence-corrected chi connectivity index (χ1v) is 7.18. The number of nitrogens with one attached hydrogen (secondary N) is 1. The zero-order valence-electron chi connectivity index (χ0n) is 12.1. The Morgan fingerprint density at radius 3 is 2.38 bits per heavy atom. The maximum Gasteiger partial charge on any atom is 0.251 e. The van der Waals surface area contributed by atoms with Crippen LogP contribution in [-0.4, -0.2) is 18.6 Å². The molecule has 0 aliphatic rings. The maximum atomic E-state index is 12.0. The number of benzene rings is 2. The molecule has 3 nitrogen and oxygen atoms in total. The van der Waals surface area contributed by atoms with Crippen molar-refractivity contribution in [3.05, 3.63) is 64.7 Å². The first kappa shape index (κ1) is 15.4. The molecular weight excluding hydrogens is 286 g/mol. The minimum absolute atomic E-state index is 0.0884. The third kappa shape index (κ3) is 4.80. The lowest BCUT2D eigenvalue weighted by atomic mass is 10.2. The van der Waals surface area contributed by atoms with Gasteiger partial charge >= 0.3 is 0 Å². The van der Waals surface area contributed by atoms with Gasteiger partial charge in [-0.05, 0) is 50.2 Å². The fraction of sp³-hybridized carbons (Fsp3) is 0.235. The van der Waals surface area contributed by atoms with Gasteiger partial charge in [0.25, 0.3) is 5.91 Å². The lowest BCUT2D eigenvalue weighted by Gasteiger charge is -2.15. The van der Waals surface area contributed by atoms with E-state index in [2.05, 4.69) is 5.32 Å². The van der Waals surface area contributed by atoms with Crippen LogP contribution in [-0.2, 0) is 0 Å². The van der Waals surface area contributed by atoms with E-state index in [9.17, 15) is 4.79 Å². The molecule has 1 N–H and O–H groups in total. The van der Waals surface area contributed by atoms with Crippen LogP contribution in [0, 0.1) is 6.92 Å². The Labute approximate surface area is 129 Å². The smallest absolute Gasteiger partial charge is 0.251 e. The summed E-state index contributed by atoms with van der Waals surface area (Å²) in [5, 5.41) is 3.50. The summed E-state index contributed by atoms with van der Waals surface area (Å²) in [7, 11) is 0. The first-order valence-electron chi connectivity index (χ1n) is 6.80. The second kappa shape index (κ2) is 7.14. The molecule has 0 aliphatic carbocycles. The zero-order valence-corrected chi connectivity index (χ0v) is 12.9. The quantitative estimate of drug-likeness (QED) is 0.911. The number of halogens is 1. The Morgan fingerprint density at radius 2 is 1.76 bits per heavy atom. The van der Waals surface area contributed by atoms with Crippen LogP contribution in [0.5, 0.6) is 5.75 Å². The average molecular weight is 304 g/mol. The number of ether oxygens (including phenoxy) is 1. The van der Waals surface area contributed by atoms with Gasteiger partial charge in [0.2, 0.25) is 0 Å². The molecule has 1 amide bonds. The summed E-state index contributed by atoms with van der Waals surface area (Å²) < 4.78 is 5.64. The van der Waals surface area contributed by atoms with Gasteiger partial charge in [-0.25, -0.2) is 0 Å². The molecular formula is C17H18ClNO2. The largest absolute Gasteiger partial charge is 0.491 e. The third-order valence-corrected chi connectivity index (χ3v) is 3.26. The maximum absolute atomic E-state index is 12.0. The Balaban J connectivity index is 1.83. The van der Waals surface area contributed by atoms with Gasteiger partial charge in [0.15, 0.2) is 0 Å².